The SMILES string of the molecule is Cc1cc2c(o1)CC(C)(C)C[C@H]2NC(=O)c1cc(S(N)(=O)=O)ccc1C. The number of hydrogen-bond acceptors (Lipinski definition) is 4. The fourth-order valence-corrected chi connectivity index (χ4v) is 4.11. The summed E-state index contributed by atoms with van der Waals surface area (Å²) in [6.45, 7) is 7.93. The maximum absolute atomic E-state index is 12.9. The molecule has 6 nitrogen and oxygen atoms in total. The largest absolute Gasteiger partial charge is 0.466 e. The van der Waals surface area contributed by atoms with Gasteiger partial charge in [-0.15, -0.1) is 0 Å². The van der Waals surface area contributed by atoms with Gasteiger partial charge in [-0.1, -0.05) is 19.9 Å². The third-order valence-electron chi connectivity index (χ3n) is 4.82. The second-order valence-corrected chi connectivity index (χ2v) is 9.39. The van der Waals surface area contributed by atoms with Crippen molar-refractivity contribution in [3.63, 3.8) is 0 Å². The molecule has 1 aliphatic rings. The minimum atomic E-state index is -3.87. The number of benzene rings is 1. The predicted molar refractivity (Wildman–Crippen MR) is 98.3 cm³/mol. The van der Waals surface area contributed by atoms with Crippen LogP contribution in [0.1, 0.15) is 59.3 Å². The highest BCUT2D eigenvalue weighted by Crippen LogP contribution is 2.42. The number of primary sulfonamides is 1. The third kappa shape index (κ3) is 3.68. The van der Waals surface area contributed by atoms with Gasteiger partial charge in [-0.3, -0.25) is 4.79 Å². The Morgan fingerprint density at radius 2 is 1.96 bits per heavy atom. The molecule has 0 saturated carbocycles. The molecular formula is C19H24N2O4S. The maximum atomic E-state index is 12.9. The molecule has 0 radical (unpaired) electrons. The van der Waals surface area contributed by atoms with Gasteiger partial charge in [0.05, 0.1) is 10.9 Å². The summed E-state index contributed by atoms with van der Waals surface area (Å²) in [7, 11) is -3.87. The van der Waals surface area contributed by atoms with E-state index in [1.54, 1.807) is 13.0 Å². The molecule has 1 amide bonds. The Balaban J connectivity index is 1.93. The van der Waals surface area contributed by atoms with E-state index in [1.807, 2.05) is 13.0 Å². The smallest absolute Gasteiger partial charge is 0.252 e. The molecule has 3 rings (SSSR count). The zero-order valence-electron chi connectivity index (χ0n) is 15.4. The number of aryl methyl sites for hydroxylation is 2. The normalized spacial score (nSPS) is 19.0. The molecule has 3 N–H and O–H groups in total. The lowest BCUT2D eigenvalue weighted by molar-refractivity contribution is 0.0916. The molecule has 2 aromatic rings. The second-order valence-electron chi connectivity index (χ2n) is 7.83. The van der Waals surface area contributed by atoms with Gasteiger partial charge in [0.2, 0.25) is 10.0 Å². The van der Waals surface area contributed by atoms with Crippen LogP contribution in [0.25, 0.3) is 0 Å². The molecule has 26 heavy (non-hydrogen) atoms. The van der Waals surface area contributed by atoms with Crippen LogP contribution in [0.3, 0.4) is 0 Å². The quantitative estimate of drug-likeness (QED) is 0.859. The van der Waals surface area contributed by atoms with Crippen LogP contribution in [0.4, 0.5) is 0 Å². The first-order chi connectivity index (χ1) is 12.0. The highest BCUT2D eigenvalue weighted by molar-refractivity contribution is 7.89. The zero-order valence-corrected chi connectivity index (χ0v) is 16.2. The van der Waals surface area contributed by atoms with E-state index in [2.05, 4.69) is 19.2 Å². The standard InChI is InChI=1S/C19H24N2O4S/c1-11-5-6-13(26(20,23)24)8-14(11)18(22)21-16-9-19(3,4)10-17-15(16)7-12(2)25-17/h5-8,16H,9-10H2,1-4H3,(H,21,22)(H2,20,23,24)/t16-/m1/s1. The second kappa shape index (κ2) is 6.25. The molecule has 1 aromatic heterocycles. The average molecular weight is 376 g/mol. The molecule has 7 heteroatoms. The van der Waals surface area contributed by atoms with E-state index in [4.69, 9.17) is 9.56 Å². The van der Waals surface area contributed by atoms with Crippen molar-refractivity contribution < 1.29 is 17.6 Å². The first kappa shape index (κ1) is 18.7. The molecule has 0 spiro atoms. The molecule has 1 aliphatic carbocycles. The third-order valence-corrected chi connectivity index (χ3v) is 5.73. The van der Waals surface area contributed by atoms with E-state index in [-0.39, 0.29) is 22.3 Å². The van der Waals surface area contributed by atoms with Gasteiger partial charge < -0.3 is 9.73 Å². The van der Waals surface area contributed by atoms with Crippen molar-refractivity contribution in [3.8, 4) is 0 Å². The number of sulfonamides is 1. The Kier molecular flexibility index (Phi) is 4.48. The molecule has 1 aromatic carbocycles. The zero-order chi connectivity index (χ0) is 19.3. The van der Waals surface area contributed by atoms with Gasteiger partial charge in [0.25, 0.3) is 5.91 Å². The lowest BCUT2D eigenvalue weighted by Crippen LogP contribution is -2.36. The summed E-state index contributed by atoms with van der Waals surface area (Å²) in [6.07, 6.45) is 1.60. The Morgan fingerprint density at radius 3 is 2.62 bits per heavy atom. The van der Waals surface area contributed by atoms with E-state index < -0.39 is 10.0 Å². The van der Waals surface area contributed by atoms with Gasteiger partial charge in [-0.05, 0) is 49.4 Å². The van der Waals surface area contributed by atoms with Crippen LogP contribution in [-0.2, 0) is 16.4 Å². The molecule has 0 bridgehead atoms. The van der Waals surface area contributed by atoms with Crippen molar-refractivity contribution in [1.82, 2.24) is 5.32 Å². The lowest BCUT2D eigenvalue weighted by Gasteiger charge is -2.34. The van der Waals surface area contributed by atoms with E-state index in [1.165, 1.54) is 12.1 Å². The summed E-state index contributed by atoms with van der Waals surface area (Å²) < 4.78 is 29.0. The van der Waals surface area contributed by atoms with Crippen LogP contribution in [-0.4, -0.2) is 14.3 Å². The van der Waals surface area contributed by atoms with Crippen LogP contribution < -0.4 is 10.5 Å². The van der Waals surface area contributed by atoms with Crippen LogP contribution >= 0.6 is 0 Å². The Morgan fingerprint density at radius 1 is 1.27 bits per heavy atom. The number of nitrogens with one attached hydrogen (secondary N) is 1. The molecule has 1 heterocycles. The lowest BCUT2D eigenvalue weighted by atomic mass is 9.74. The Labute approximate surface area is 153 Å². The highest BCUT2D eigenvalue weighted by Gasteiger charge is 2.35. The van der Waals surface area contributed by atoms with Crippen LogP contribution in [0, 0.1) is 19.3 Å². The van der Waals surface area contributed by atoms with E-state index in [9.17, 15) is 13.2 Å². The molecule has 140 valence electrons. The fourth-order valence-electron chi connectivity index (χ4n) is 3.57. The number of carbonyl (C=O) groups excluding carboxylic acids is 1. The summed E-state index contributed by atoms with van der Waals surface area (Å²) >= 11 is 0. The molecule has 0 unspecified atom stereocenters. The predicted octanol–water partition coefficient (Wildman–Crippen LogP) is 2.99. The summed E-state index contributed by atoms with van der Waals surface area (Å²) in [5.41, 5.74) is 1.98. The first-order valence-corrected chi connectivity index (χ1v) is 10.0. The fraction of sp³-hybridized carbons (Fsp3) is 0.421. The number of furan rings is 1. The topological polar surface area (TPSA) is 102 Å². The highest BCUT2D eigenvalue weighted by atomic mass is 32.2. The summed E-state index contributed by atoms with van der Waals surface area (Å²) in [5.74, 6) is 1.40. The van der Waals surface area contributed by atoms with E-state index >= 15 is 0 Å². The molecule has 1 atom stereocenters. The van der Waals surface area contributed by atoms with Crippen molar-refractivity contribution in [3.05, 3.63) is 52.5 Å². The number of nitrogens with two attached hydrogens (primary N) is 1. The summed E-state index contributed by atoms with van der Waals surface area (Å²) in [5, 5.41) is 8.24. The Bertz CT molecular complexity index is 973. The molecule has 0 saturated heterocycles. The Hall–Kier alpha value is -2.12. The van der Waals surface area contributed by atoms with Gasteiger partial charge in [-0.2, -0.15) is 0 Å². The van der Waals surface area contributed by atoms with Crippen molar-refractivity contribution >= 4 is 15.9 Å². The summed E-state index contributed by atoms with van der Waals surface area (Å²) in [6, 6.07) is 6.10. The maximum Gasteiger partial charge on any atom is 0.252 e. The van der Waals surface area contributed by atoms with E-state index in [0.717, 1.165) is 29.9 Å². The van der Waals surface area contributed by atoms with Crippen molar-refractivity contribution in [2.24, 2.45) is 10.6 Å². The van der Waals surface area contributed by atoms with E-state index in [0.29, 0.717) is 11.1 Å². The number of rotatable bonds is 3. The number of hydrogen-bond donors (Lipinski definition) is 2. The van der Waals surface area contributed by atoms with Crippen LogP contribution in [0.2, 0.25) is 0 Å². The van der Waals surface area contributed by atoms with Crippen LogP contribution in [0.15, 0.2) is 33.6 Å². The van der Waals surface area contributed by atoms with Crippen molar-refractivity contribution in [2.45, 2.75) is 51.5 Å². The monoisotopic (exact) mass is 376 g/mol. The minimum absolute atomic E-state index is 0.00721. The minimum Gasteiger partial charge on any atom is -0.466 e. The van der Waals surface area contributed by atoms with Crippen molar-refractivity contribution in [2.75, 3.05) is 0 Å². The summed E-state index contributed by atoms with van der Waals surface area (Å²) in [4.78, 5) is 12.8. The molecular weight excluding hydrogens is 352 g/mol. The molecule has 0 fully saturated rings. The molecule has 0 aliphatic heterocycles. The van der Waals surface area contributed by atoms with Gasteiger partial charge >= 0.3 is 0 Å². The van der Waals surface area contributed by atoms with Gasteiger partial charge in [0.15, 0.2) is 0 Å². The van der Waals surface area contributed by atoms with Gasteiger partial charge in [-0.25, -0.2) is 13.6 Å². The van der Waals surface area contributed by atoms with Crippen molar-refractivity contribution in [1.29, 1.82) is 0 Å². The van der Waals surface area contributed by atoms with Gasteiger partial charge in [0, 0.05) is 17.5 Å². The average Bonchev–Trinajstić information content (AvgIpc) is 2.85. The number of amides is 1. The van der Waals surface area contributed by atoms with Crippen LogP contribution in [0.5, 0.6) is 0 Å². The first-order valence-electron chi connectivity index (χ1n) is 8.50. The van der Waals surface area contributed by atoms with Gasteiger partial charge in [0.1, 0.15) is 11.5 Å². The number of carbonyl (C=O) groups is 1. The number of fused-ring (bicyclic) bond motifs is 1.